The highest BCUT2D eigenvalue weighted by Crippen LogP contribution is 2.36. The van der Waals surface area contributed by atoms with Crippen LogP contribution in [-0.4, -0.2) is 16.9 Å². The molecule has 0 amide bonds. The van der Waals surface area contributed by atoms with E-state index in [9.17, 15) is 0 Å². The summed E-state index contributed by atoms with van der Waals surface area (Å²) in [5.41, 5.74) is 7.39. The molecule has 0 saturated carbocycles. The van der Waals surface area contributed by atoms with Crippen LogP contribution in [-0.2, 0) is 6.54 Å². The Hall–Kier alpha value is -1.69. The van der Waals surface area contributed by atoms with E-state index in [1.54, 1.807) is 11.8 Å². The number of halogens is 1. The summed E-state index contributed by atoms with van der Waals surface area (Å²) < 4.78 is 13.7. The fourth-order valence-corrected chi connectivity index (χ4v) is 2.28. The van der Waals surface area contributed by atoms with Crippen LogP contribution in [0, 0.1) is 6.92 Å². The Morgan fingerprint density at radius 3 is 2.75 bits per heavy atom. The molecule has 0 aliphatic carbocycles. The predicted octanol–water partition coefficient (Wildman–Crippen LogP) is 3.75. The molecule has 0 unspecified atom stereocenters. The molecule has 0 radical (unpaired) electrons. The Bertz CT molecular complexity index is 611. The number of anilines is 1. The molecule has 0 aliphatic heterocycles. The lowest BCUT2D eigenvalue weighted by Gasteiger charge is -2.11. The van der Waals surface area contributed by atoms with Crippen LogP contribution >= 0.6 is 15.9 Å². The largest absolute Gasteiger partial charge is 0.497 e. The maximum absolute atomic E-state index is 6.04. The smallest absolute Gasteiger partial charge is 0.241 e. The molecule has 20 heavy (non-hydrogen) atoms. The van der Waals surface area contributed by atoms with Gasteiger partial charge in [-0.2, -0.15) is 5.10 Å². The molecule has 2 N–H and O–H groups in total. The average molecular weight is 340 g/mol. The normalized spacial score (nSPS) is 10.6. The van der Waals surface area contributed by atoms with Gasteiger partial charge in [0, 0.05) is 6.54 Å². The summed E-state index contributed by atoms with van der Waals surface area (Å²) in [6, 6.07) is 5.52. The van der Waals surface area contributed by atoms with Crippen LogP contribution in [0.25, 0.3) is 0 Å². The van der Waals surface area contributed by atoms with Crippen molar-refractivity contribution >= 4 is 21.6 Å². The minimum atomic E-state index is 0.571. The third kappa shape index (κ3) is 2.90. The van der Waals surface area contributed by atoms with E-state index in [2.05, 4.69) is 28.0 Å². The van der Waals surface area contributed by atoms with E-state index in [0.717, 1.165) is 28.9 Å². The fourth-order valence-electron chi connectivity index (χ4n) is 1.84. The van der Waals surface area contributed by atoms with Crippen LogP contribution in [0.1, 0.15) is 19.0 Å². The van der Waals surface area contributed by atoms with Gasteiger partial charge < -0.3 is 15.2 Å². The molecule has 0 saturated heterocycles. The van der Waals surface area contributed by atoms with Crippen molar-refractivity contribution in [2.24, 2.45) is 0 Å². The minimum Gasteiger partial charge on any atom is -0.497 e. The summed E-state index contributed by atoms with van der Waals surface area (Å²) in [6.07, 6.45) is 0.959. The van der Waals surface area contributed by atoms with E-state index in [4.69, 9.17) is 15.2 Å². The number of rotatable bonds is 5. The highest BCUT2D eigenvalue weighted by molar-refractivity contribution is 9.10. The Kier molecular flexibility index (Phi) is 4.54. The zero-order chi connectivity index (χ0) is 14.7. The molecule has 6 heteroatoms. The Balaban J connectivity index is 2.34. The molecular weight excluding hydrogens is 322 g/mol. The number of nitrogen functional groups attached to an aromatic ring is 1. The van der Waals surface area contributed by atoms with E-state index in [1.807, 2.05) is 25.1 Å². The molecule has 1 heterocycles. The SMILES string of the molecule is CCCn1nc(C)c(N)c1Oc1ccc(OC)cc1Br. The van der Waals surface area contributed by atoms with Crippen LogP contribution in [0.3, 0.4) is 0 Å². The quantitative estimate of drug-likeness (QED) is 0.900. The number of nitrogens with zero attached hydrogens (tertiary/aromatic N) is 2. The van der Waals surface area contributed by atoms with Crippen molar-refractivity contribution in [3.8, 4) is 17.4 Å². The van der Waals surface area contributed by atoms with Crippen molar-refractivity contribution in [1.82, 2.24) is 9.78 Å². The van der Waals surface area contributed by atoms with Gasteiger partial charge >= 0.3 is 0 Å². The van der Waals surface area contributed by atoms with Crippen molar-refractivity contribution in [2.45, 2.75) is 26.8 Å². The van der Waals surface area contributed by atoms with Gasteiger partial charge in [-0.05, 0) is 47.5 Å². The van der Waals surface area contributed by atoms with Crippen molar-refractivity contribution in [1.29, 1.82) is 0 Å². The molecule has 0 spiro atoms. The van der Waals surface area contributed by atoms with E-state index < -0.39 is 0 Å². The Morgan fingerprint density at radius 2 is 2.15 bits per heavy atom. The van der Waals surface area contributed by atoms with Gasteiger partial charge in [0.05, 0.1) is 17.3 Å². The first-order chi connectivity index (χ1) is 9.56. The summed E-state index contributed by atoms with van der Waals surface area (Å²) in [5.74, 6) is 2.01. The number of aromatic nitrogens is 2. The molecule has 1 aromatic heterocycles. The lowest BCUT2D eigenvalue weighted by atomic mass is 10.3. The maximum Gasteiger partial charge on any atom is 0.241 e. The summed E-state index contributed by atoms with van der Waals surface area (Å²) in [6.45, 7) is 4.72. The molecule has 2 rings (SSSR count). The second-order valence-electron chi connectivity index (χ2n) is 4.43. The molecule has 1 aromatic carbocycles. The van der Waals surface area contributed by atoms with Crippen LogP contribution in [0.2, 0.25) is 0 Å². The summed E-state index contributed by atoms with van der Waals surface area (Å²) in [4.78, 5) is 0. The minimum absolute atomic E-state index is 0.571. The van der Waals surface area contributed by atoms with E-state index >= 15 is 0 Å². The summed E-state index contributed by atoms with van der Waals surface area (Å²) >= 11 is 3.46. The molecule has 0 bridgehead atoms. The molecular formula is C14H18BrN3O2. The first-order valence-electron chi connectivity index (χ1n) is 6.41. The second kappa shape index (κ2) is 6.17. The highest BCUT2D eigenvalue weighted by atomic mass is 79.9. The molecule has 5 nitrogen and oxygen atoms in total. The van der Waals surface area contributed by atoms with Crippen molar-refractivity contribution in [3.05, 3.63) is 28.4 Å². The van der Waals surface area contributed by atoms with Gasteiger partial charge in [0.15, 0.2) is 0 Å². The number of methoxy groups -OCH3 is 1. The van der Waals surface area contributed by atoms with Gasteiger partial charge in [-0.1, -0.05) is 6.92 Å². The first kappa shape index (κ1) is 14.7. The van der Waals surface area contributed by atoms with Gasteiger partial charge in [-0.3, -0.25) is 0 Å². The molecule has 0 fully saturated rings. The fraction of sp³-hybridized carbons (Fsp3) is 0.357. The summed E-state index contributed by atoms with van der Waals surface area (Å²) in [7, 11) is 1.62. The van der Waals surface area contributed by atoms with Crippen molar-refractivity contribution in [2.75, 3.05) is 12.8 Å². The monoisotopic (exact) mass is 339 g/mol. The molecule has 0 atom stereocenters. The third-order valence-electron chi connectivity index (χ3n) is 2.91. The lowest BCUT2D eigenvalue weighted by molar-refractivity contribution is 0.400. The Morgan fingerprint density at radius 1 is 1.40 bits per heavy atom. The van der Waals surface area contributed by atoms with E-state index in [-0.39, 0.29) is 0 Å². The number of hydrogen-bond donors (Lipinski definition) is 1. The number of benzene rings is 1. The van der Waals surface area contributed by atoms with Gasteiger partial charge in [-0.25, -0.2) is 4.68 Å². The number of hydrogen-bond acceptors (Lipinski definition) is 4. The number of aryl methyl sites for hydroxylation is 2. The van der Waals surface area contributed by atoms with E-state index in [0.29, 0.717) is 17.3 Å². The zero-order valence-corrected chi connectivity index (χ0v) is 13.4. The van der Waals surface area contributed by atoms with Crippen LogP contribution in [0.4, 0.5) is 5.69 Å². The predicted molar refractivity (Wildman–Crippen MR) is 82.4 cm³/mol. The molecule has 0 aliphatic rings. The first-order valence-corrected chi connectivity index (χ1v) is 7.20. The third-order valence-corrected chi connectivity index (χ3v) is 3.53. The maximum atomic E-state index is 6.04. The molecule has 108 valence electrons. The number of ether oxygens (including phenoxy) is 2. The molecule has 2 aromatic rings. The average Bonchev–Trinajstić information content (AvgIpc) is 2.69. The van der Waals surface area contributed by atoms with Crippen LogP contribution in [0.5, 0.6) is 17.4 Å². The van der Waals surface area contributed by atoms with Crippen molar-refractivity contribution < 1.29 is 9.47 Å². The van der Waals surface area contributed by atoms with Crippen molar-refractivity contribution in [3.63, 3.8) is 0 Å². The second-order valence-corrected chi connectivity index (χ2v) is 5.28. The van der Waals surface area contributed by atoms with Gasteiger partial charge in [0.25, 0.3) is 0 Å². The highest BCUT2D eigenvalue weighted by Gasteiger charge is 2.15. The van der Waals surface area contributed by atoms with Crippen LogP contribution in [0.15, 0.2) is 22.7 Å². The topological polar surface area (TPSA) is 62.3 Å². The van der Waals surface area contributed by atoms with Gasteiger partial charge in [-0.15, -0.1) is 0 Å². The standard InChI is InChI=1S/C14H18BrN3O2/c1-4-7-18-14(13(16)9(2)17-18)20-12-6-5-10(19-3)8-11(12)15/h5-6,8H,4,7,16H2,1-3H3. The number of nitrogens with two attached hydrogens (primary N) is 1. The van der Waals surface area contributed by atoms with Gasteiger partial charge in [0.1, 0.15) is 17.2 Å². The Labute approximate surface area is 126 Å². The summed E-state index contributed by atoms with van der Waals surface area (Å²) in [5, 5.41) is 4.39. The lowest BCUT2D eigenvalue weighted by Crippen LogP contribution is -2.03. The van der Waals surface area contributed by atoms with E-state index in [1.165, 1.54) is 0 Å². The van der Waals surface area contributed by atoms with Crippen LogP contribution < -0.4 is 15.2 Å². The zero-order valence-electron chi connectivity index (χ0n) is 11.8. The van der Waals surface area contributed by atoms with Gasteiger partial charge in [0.2, 0.25) is 5.88 Å².